The average Bonchev–Trinajstić information content (AvgIpc) is 2.98. The fraction of sp³-hybridized carbons (Fsp3) is 0.714. The summed E-state index contributed by atoms with van der Waals surface area (Å²) in [6.07, 6.45) is 5.47. The third kappa shape index (κ3) is 4.35. The highest BCUT2D eigenvalue weighted by molar-refractivity contribution is 4.94. The molecule has 7 heteroatoms. The summed E-state index contributed by atoms with van der Waals surface area (Å²) in [5.41, 5.74) is 0.942. The fourth-order valence-electron chi connectivity index (χ4n) is 2.16. The number of hydrogen-bond acceptors (Lipinski definition) is 6. The monoisotopic (exact) mass is 290 g/mol. The van der Waals surface area contributed by atoms with E-state index < -0.39 is 0 Å². The summed E-state index contributed by atoms with van der Waals surface area (Å²) < 4.78 is 6.97. The van der Waals surface area contributed by atoms with E-state index in [4.69, 9.17) is 4.52 Å². The van der Waals surface area contributed by atoms with Gasteiger partial charge in [0.05, 0.1) is 11.9 Å². The van der Waals surface area contributed by atoms with Gasteiger partial charge in [0.15, 0.2) is 5.82 Å². The van der Waals surface area contributed by atoms with Gasteiger partial charge in [-0.3, -0.25) is 0 Å². The summed E-state index contributed by atoms with van der Waals surface area (Å²) in [6, 6.07) is 0. The predicted molar refractivity (Wildman–Crippen MR) is 76.4 cm³/mol. The van der Waals surface area contributed by atoms with E-state index in [2.05, 4.69) is 39.6 Å². The molecule has 0 spiro atoms. The van der Waals surface area contributed by atoms with Gasteiger partial charge in [0.1, 0.15) is 6.54 Å². The largest absolute Gasteiger partial charge is 0.337 e. The molecule has 1 N–H and O–H groups in total. The number of hydrogen-bond donors (Lipinski definition) is 1. The van der Waals surface area contributed by atoms with E-state index in [0.29, 0.717) is 18.4 Å². The van der Waals surface area contributed by atoms with Gasteiger partial charge >= 0.3 is 0 Å². The molecule has 0 unspecified atom stereocenters. The van der Waals surface area contributed by atoms with Crippen LogP contribution in [-0.4, -0.2) is 31.7 Å². The van der Waals surface area contributed by atoms with Crippen molar-refractivity contribution in [3.05, 3.63) is 23.6 Å². The molecule has 0 bridgehead atoms. The molecular weight excluding hydrogens is 268 g/mol. The predicted octanol–water partition coefficient (Wildman–Crippen LogP) is 1.41. The molecule has 114 valence electrons. The van der Waals surface area contributed by atoms with Crippen LogP contribution in [0.15, 0.2) is 10.7 Å². The Balaban J connectivity index is 1.49. The maximum Gasteiger partial charge on any atom is 0.248 e. The molecule has 21 heavy (non-hydrogen) atoms. The lowest BCUT2D eigenvalue weighted by Crippen LogP contribution is -2.16. The van der Waals surface area contributed by atoms with Crippen LogP contribution in [0.5, 0.6) is 0 Å². The van der Waals surface area contributed by atoms with E-state index in [-0.39, 0.29) is 0 Å². The number of aromatic nitrogens is 5. The minimum Gasteiger partial charge on any atom is -0.337 e. The van der Waals surface area contributed by atoms with Gasteiger partial charge in [-0.2, -0.15) is 4.98 Å². The molecule has 0 atom stereocenters. The van der Waals surface area contributed by atoms with E-state index in [1.807, 2.05) is 6.20 Å². The van der Waals surface area contributed by atoms with Crippen molar-refractivity contribution in [2.24, 2.45) is 11.8 Å². The number of nitrogens with one attached hydrogen (secondary N) is 1. The molecule has 0 aromatic carbocycles. The van der Waals surface area contributed by atoms with E-state index in [0.717, 1.165) is 36.9 Å². The molecule has 2 heterocycles. The minimum absolute atomic E-state index is 0.473. The van der Waals surface area contributed by atoms with E-state index in [9.17, 15) is 0 Å². The van der Waals surface area contributed by atoms with Crippen LogP contribution < -0.4 is 5.32 Å². The van der Waals surface area contributed by atoms with E-state index in [1.54, 1.807) is 4.68 Å². The quantitative estimate of drug-likeness (QED) is 0.791. The van der Waals surface area contributed by atoms with Crippen LogP contribution in [0.4, 0.5) is 0 Å². The lowest BCUT2D eigenvalue weighted by Gasteiger charge is -1.98. The maximum absolute atomic E-state index is 5.23. The molecule has 7 nitrogen and oxygen atoms in total. The Morgan fingerprint density at radius 2 is 2.29 bits per heavy atom. The Kier molecular flexibility index (Phi) is 4.28. The van der Waals surface area contributed by atoms with Crippen LogP contribution in [0.25, 0.3) is 0 Å². The van der Waals surface area contributed by atoms with Crippen molar-refractivity contribution in [2.75, 3.05) is 6.54 Å². The van der Waals surface area contributed by atoms with Crippen LogP contribution in [0, 0.1) is 11.8 Å². The van der Waals surface area contributed by atoms with Gasteiger partial charge < -0.3 is 9.84 Å². The second kappa shape index (κ2) is 6.34. The van der Waals surface area contributed by atoms with Gasteiger partial charge in [0.25, 0.3) is 0 Å². The van der Waals surface area contributed by atoms with Gasteiger partial charge in [0, 0.05) is 13.0 Å². The molecule has 1 aliphatic carbocycles. The second-order valence-electron chi connectivity index (χ2n) is 6.18. The van der Waals surface area contributed by atoms with Gasteiger partial charge in [-0.15, -0.1) is 5.10 Å². The zero-order chi connectivity index (χ0) is 14.7. The minimum atomic E-state index is 0.473. The molecule has 0 aliphatic heterocycles. The molecule has 3 rings (SSSR count). The Labute approximate surface area is 124 Å². The van der Waals surface area contributed by atoms with Crippen LogP contribution in [-0.2, 0) is 19.5 Å². The molecule has 0 radical (unpaired) electrons. The highest BCUT2D eigenvalue weighted by Gasteiger charge is 2.20. The topological polar surface area (TPSA) is 81.7 Å². The standard InChI is InChI=1S/C14H22N6O/c1-10(2)5-13-16-14(21-18-13)9-20-8-12(17-19-20)7-15-6-11-3-4-11/h8,10-11,15H,3-7,9H2,1-2H3. The first-order valence-corrected chi connectivity index (χ1v) is 7.60. The van der Waals surface area contributed by atoms with Gasteiger partial charge in [0.2, 0.25) is 5.89 Å². The van der Waals surface area contributed by atoms with E-state index >= 15 is 0 Å². The number of nitrogens with zero attached hydrogens (tertiary/aromatic N) is 5. The van der Waals surface area contributed by atoms with Crippen molar-refractivity contribution < 1.29 is 4.52 Å². The SMILES string of the molecule is CC(C)Cc1noc(Cn2cc(CNCC3CC3)nn2)n1. The highest BCUT2D eigenvalue weighted by atomic mass is 16.5. The molecule has 2 aromatic heterocycles. The summed E-state index contributed by atoms with van der Waals surface area (Å²) >= 11 is 0. The van der Waals surface area contributed by atoms with Gasteiger partial charge in [-0.1, -0.05) is 24.2 Å². The van der Waals surface area contributed by atoms with Crippen molar-refractivity contribution in [1.82, 2.24) is 30.5 Å². The molecular formula is C14H22N6O. The van der Waals surface area contributed by atoms with Crippen molar-refractivity contribution in [3.63, 3.8) is 0 Å². The first kappa shape index (κ1) is 14.2. The molecule has 0 amide bonds. The lowest BCUT2D eigenvalue weighted by atomic mass is 10.1. The fourth-order valence-corrected chi connectivity index (χ4v) is 2.16. The van der Waals surface area contributed by atoms with Gasteiger partial charge in [-0.05, 0) is 31.2 Å². The Morgan fingerprint density at radius 1 is 1.43 bits per heavy atom. The Hall–Kier alpha value is -1.76. The first-order valence-electron chi connectivity index (χ1n) is 7.60. The Morgan fingerprint density at radius 3 is 3.05 bits per heavy atom. The second-order valence-corrected chi connectivity index (χ2v) is 6.18. The van der Waals surface area contributed by atoms with Crippen molar-refractivity contribution >= 4 is 0 Å². The summed E-state index contributed by atoms with van der Waals surface area (Å²) in [6.45, 7) is 6.58. The van der Waals surface area contributed by atoms with Crippen molar-refractivity contribution in [2.45, 2.75) is 46.2 Å². The molecule has 1 fully saturated rings. The number of rotatable bonds is 8. The highest BCUT2D eigenvalue weighted by Crippen LogP contribution is 2.27. The van der Waals surface area contributed by atoms with Crippen LogP contribution >= 0.6 is 0 Å². The molecule has 1 aliphatic rings. The van der Waals surface area contributed by atoms with Gasteiger partial charge in [-0.25, -0.2) is 4.68 Å². The molecule has 2 aromatic rings. The summed E-state index contributed by atoms with van der Waals surface area (Å²) in [5.74, 6) is 2.73. The zero-order valence-electron chi connectivity index (χ0n) is 12.6. The van der Waals surface area contributed by atoms with Crippen LogP contribution in [0.2, 0.25) is 0 Å². The maximum atomic E-state index is 5.23. The zero-order valence-corrected chi connectivity index (χ0v) is 12.6. The summed E-state index contributed by atoms with van der Waals surface area (Å²) in [5, 5.41) is 15.6. The summed E-state index contributed by atoms with van der Waals surface area (Å²) in [4.78, 5) is 4.37. The lowest BCUT2D eigenvalue weighted by molar-refractivity contribution is 0.358. The third-order valence-corrected chi connectivity index (χ3v) is 3.42. The summed E-state index contributed by atoms with van der Waals surface area (Å²) in [7, 11) is 0. The molecule has 1 saturated carbocycles. The normalized spacial score (nSPS) is 15.0. The van der Waals surface area contributed by atoms with Crippen molar-refractivity contribution in [3.8, 4) is 0 Å². The van der Waals surface area contributed by atoms with Crippen LogP contribution in [0.1, 0.15) is 44.1 Å². The van der Waals surface area contributed by atoms with E-state index in [1.165, 1.54) is 12.8 Å². The average molecular weight is 290 g/mol. The Bertz CT molecular complexity index is 572. The third-order valence-electron chi connectivity index (χ3n) is 3.42. The first-order chi connectivity index (χ1) is 10.2. The molecule has 0 saturated heterocycles. The smallest absolute Gasteiger partial charge is 0.248 e. The van der Waals surface area contributed by atoms with Crippen LogP contribution in [0.3, 0.4) is 0 Å². The van der Waals surface area contributed by atoms with Crippen molar-refractivity contribution in [1.29, 1.82) is 0 Å².